The molecule has 0 saturated heterocycles. The van der Waals surface area contributed by atoms with E-state index in [-0.39, 0.29) is 0 Å². The zero-order valence-corrected chi connectivity index (χ0v) is 7.55. The van der Waals surface area contributed by atoms with Crippen molar-refractivity contribution >= 4 is 0 Å². The molecule has 0 N–H and O–H groups in total. The predicted octanol–water partition coefficient (Wildman–Crippen LogP) is 2.94. The van der Waals surface area contributed by atoms with E-state index in [2.05, 4.69) is 6.92 Å². The molecule has 0 aromatic rings. The maximum absolute atomic E-state index is 5.30. The minimum Gasteiger partial charge on any atom is -0.377 e. The van der Waals surface area contributed by atoms with E-state index in [1.807, 2.05) is 31.2 Å². The molecule has 1 heteroatoms. The van der Waals surface area contributed by atoms with Gasteiger partial charge in [-0.15, -0.1) is 0 Å². The standard InChI is InChI=1S/C10H18O/c1-3-5-7-8-10-11-9-6-4-2/h3,5,7-8H,4,6,9-10H2,1-2H3/b5-3+,8-7+. The van der Waals surface area contributed by atoms with Crippen LogP contribution in [0.4, 0.5) is 0 Å². The van der Waals surface area contributed by atoms with E-state index in [9.17, 15) is 0 Å². The van der Waals surface area contributed by atoms with Crippen LogP contribution in [0.25, 0.3) is 0 Å². The van der Waals surface area contributed by atoms with Crippen molar-refractivity contribution in [2.75, 3.05) is 13.2 Å². The first kappa shape index (κ1) is 10.4. The second-order valence-electron chi connectivity index (χ2n) is 2.38. The SMILES string of the molecule is C/C=C/C=C/COCCCC. The van der Waals surface area contributed by atoms with Crippen molar-refractivity contribution in [3.8, 4) is 0 Å². The third kappa shape index (κ3) is 9.44. The lowest BCUT2D eigenvalue weighted by molar-refractivity contribution is 0.159. The van der Waals surface area contributed by atoms with Crippen molar-refractivity contribution in [2.24, 2.45) is 0 Å². The third-order valence-corrected chi connectivity index (χ3v) is 1.30. The van der Waals surface area contributed by atoms with Crippen LogP contribution in [0.5, 0.6) is 0 Å². The molecule has 0 bridgehead atoms. The van der Waals surface area contributed by atoms with E-state index in [4.69, 9.17) is 4.74 Å². The van der Waals surface area contributed by atoms with Gasteiger partial charge in [0.1, 0.15) is 0 Å². The van der Waals surface area contributed by atoms with Gasteiger partial charge in [0, 0.05) is 6.61 Å². The summed E-state index contributed by atoms with van der Waals surface area (Å²) >= 11 is 0. The second-order valence-corrected chi connectivity index (χ2v) is 2.38. The van der Waals surface area contributed by atoms with E-state index < -0.39 is 0 Å². The van der Waals surface area contributed by atoms with Gasteiger partial charge in [0.15, 0.2) is 0 Å². The molecule has 0 fully saturated rings. The van der Waals surface area contributed by atoms with Gasteiger partial charge in [0.25, 0.3) is 0 Å². The van der Waals surface area contributed by atoms with Gasteiger partial charge >= 0.3 is 0 Å². The minimum atomic E-state index is 0.740. The van der Waals surface area contributed by atoms with Gasteiger partial charge in [0.05, 0.1) is 6.61 Å². The number of hydrogen-bond donors (Lipinski definition) is 0. The normalized spacial score (nSPS) is 11.8. The molecule has 0 heterocycles. The van der Waals surface area contributed by atoms with Crippen molar-refractivity contribution < 1.29 is 4.74 Å². The number of unbranched alkanes of at least 4 members (excludes halogenated alkanes) is 1. The summed E-state index contributed by atoms with van der Waals surface area (Å²) in [6, 6.07) is 0. The number of ether oxygens (including phenoxy) is 1. The van der Waals surface area contributed by atoms with Gasteiger partial charge in [0.2, 0.25) is 0 Å². The van der Waals surface area contributed by atoms with E-state index in [1.165, 1.54) is 6.42 Å². The van der Waals surface area contributed by atoms with Crippen molar-refractivity contribution in [3.05, 3.63) is 24.3 Å². The molecule has 0 aromatic carbocycles. The summed E-state index contributed by atoms with van der Waals surface area (Å²) in [7, 11) is 0. The lowest BCUT2D eigenvalue weighted by atomic mass is 10.4. The van der Waals surface area contributed by atoms with Gasteiger partial charge in [-0.1, -0.05) is 37.6 Å². The number of rotatable bonds is 6. The molecule has 0 radical (unpaired) electrons. The smallest absolute Gasteiger partial charge is 0.0650 e. The van der Waals surface area contributed by atoms with E-state index >= 15 is 0 Å². The quantitative estimate of drug-likeness (QED) is 0.422. The summed E-state index contributed by atoms with van der Waals surface area (Å²) < 4.78 is 5.30. The van der Waals surface area contributed by atoms with Gasteiger partial charge < -0.3 is 4.74 Å². The molecule has 0 aliphatic carbocycles. The molecule has 0 unspecified atom stereocenters. The maximum atomic E-state index is 5.30. The summed E-state index contributed by atoms with van der Waals surface area (Å²) in [6.45, 7) is 5.79. The van der Waals surface area contributed by atoms with Crippen LogP contribution in [-0.4, -0.2) is 13.2 Å². The highest BCUT2D eigenvalue weighted by Gasteiger charge is 1.81. The Bertz CT molecular complexity index is 114. The highest BCUT2D eigenvalue weighted by Crippen LogP contribution is 1.87. The summed E-state index contributed by atoms with van der Waals surface area (Å²) in [4.78, 5) is 0. The molecule has 64 valence electrons. The van der Waals surface area contributed by atoms with Crippen molar-refractivity contribution in [1.82, 2.24) is 0 Å². The molecule has 0 saturated carbocycles. The second kappa shape index (κ2) is 9.44. The highest BCUT2D eigenvalue weighted by atomic mass is 16.5. The summed E-state index contributed by atoms with van der Waals surface area (Å²) in [5.74, 6) is 0. The van der Waals surface area contributed by atoms with Crippen LogP contribution in [0, 0.1) is 0 Å². The lowest BCUT2D eigenvalue weighted by Crippen LogP contribution is -1.92. The zero-order valence-electron chi connectivity index (χ0n) is 7.55. The Balaban J connectivity index is 3.01. The number of hydrogen-bond acceptors (Lipinski definition) is 1. The van der Waals surface area contributed by atoms with Crippen LogP contribution in [-0.2, 0) is 4.74 Å². The van der Waals surface area contributed by atoms with Crippen LogP contribution in [0.1, 0.15) is 26.7 Å². The Morgan fingerprint density at radius 3 is 2.73 bits per heavy atom. The zero-order chi connectivity index (χ0) is 8.36. The summed E-state index contributed by atoms with van der Waals surface area (Å²) in [5.41, 5.74) is 0. The van der Waals surface area contributed by atoms with Crippen molar-refractivity contribution in [1.29, 1.82) is 0 Å². The molecule has 0 spiro atoms. The Morgan fingerprint density at radius 1 is 1.27 bits per heavy atom. The average molecular weight is 154 g/mol. The fourth-order valence-corrected chi connectivity index (χ4v) is 0.643. The molecule has 1 nitrogen and oxygen atoms in total. The molecule has 0 rings (SSSR count). The predicted molar refractivity (Wildman–Crippen MR) is 49.7 cm³/mol. The lowest BCUT2D eigenvalue weighted by Gasteiger charge is -1.96. The molecule has 0 aliphatic rings. The Hall–Kier alpha value is -0.560. The van der Waals surface area contributed by atoms with Gasteiger partial charge in [-0.05, 0) is 13.3 Å². The van der Waals surface area contributed by atoms with Gasteiger partial charge in [-0.3, -0.25) is 0 Å². The third-order valence-electron chi connectivity index (χ3n) is 1.30. The molecule has 0 atom stereocenters. The maximum Gasteiger partial charge on any atom is 0.0650 e. The van der Waals surface area contributed by atoms with E-state index in [0.717, 1.165) is 19.6 Å². The minimum absolute atomic E-state index is 0.740. The average Bonchev–Trinajstić information content (AvgIpc) is 2.03. The molecular formula is C10H18O. The van der Waals surface area contributed by atoms with E-state index in [1.54, 1.807) is 0 Å². The van der Waals surface area contributed by atoms with Crippen LogP contribution in [0.3, 0.4) is 0 Å². The fourth-order valence-electron chi connectivity index (χ4n) is 0.643. The van der Waals surface area contributed by atoms with Crippen LogP contribution >= 0.6 is 0 Å². The van der Waals surface area contributed by atoms with Gasteiger partial charge in [-0.2, -0.15) is 0 Å². The topological polar surface area (TPSA) is 9.23 Å². The Kier molecular flexibility index (Phi) is 8.96. The molecule has 0 amide bonds. The Morgan fingerprint density at radius 2 is 2.09 bits per heavy atom. The van der Waals surface area contributed by atoms with Crippen molar-refractivity contribution in [2.45, 2.75) is 26.7 Å². The molecule has 11 heavy (non-hydrogen) atoms. The van der Waals surface area contributed by atoms with Gasteiger partial charge in [-0.25, -0.2) is 0 Å². The van der Waals surface area contributed by atoms with Crippen molar-refractivity contribution in [3.63, 3.8) is 0 Å². The first-order chi connectivity index (χ1) is 5.41. The molecule has 0 aromatic heterocycles. The van der Waals surface area contributed by atoms with Crippen LogP contribution in [0.2, 0.25) is 0 Å². The molecule has 0 aliphatic heterocycles. The first-order valence-electron chi connectivity index (χ1n) is 4.27. The summed E-state index contributed by atoms with van der Waals surface area (Å²) in [5, 5.41) is 0. The Labute approximate surface area is 69.8 Å². The highest BCUT2D eigenvalue weighted by molar-refractivity contribution is 5.00. The number of allylic oxidation sites excluding steroid dienone is 3. The van der Waals surface area contributed by atoms with Crippen LogP contribution in [0.15, 0.2) is 24.3 Å². The monoisotopic (exact) mass is 154 g/mol. The van der Waals surface area contributed by atoms with Crippen LogP contribution < -0.4 is 0 Å². The van der Waals surface area contributed by atoms with E-state index in [0.29, 0.717) is 0 Å². The first-order valence-corrected chi connectivity index (χ1v) is 4.27. The fraction of sp³-hybridized carbons (Fsp3) is 0.600. The largest absolute Gasteiger partial charge is 0.377 e. The summed E-state index contributed by atoms with van der Waals surface area (Å²) in [6.07, 6.45) is 10.4. The molecular weight excluding hydrogens is 136 g/mol.